The molecule has 0 aliphatic carbocycles. The summed E-state index contributed by atoms with van der Waals surface area (Å²) in [5.41, 5.74) is 0. The van der Waals surface area contributed by atoms with E-state index in [0.717, 1.165) is 39.4 Å². The van der Waals surface area contributed by atoms with Crippen LogP contribution in [0.15, 0.2) is 12.7 Å². The molecular weight excluding hydrogens is 180 g/mol. The molecule has 0 bridgehead atoms. The van der Waals surface area contributed by atoms with Gasteiger partial charge in [0, 0.05) is 33.2 Å². The third-order valence-corrected chi connectivity index (χ3v) is 2.41. The fourth-order valence-corrected chi connectivity index (χ4v) is 1.38. The van der Waals surface area contributed by atoms with Crippen LogP contribution in [0.5, 0.6) is 0 Å². The van der Waals surface area contributed by atoms with Crippen LogP contribution < -0.4 is 0 Å². The molecule has 14 heavy (non-hydrogen) atoms. The van der Waals surface area contributed by atoms with E-state index >= 15 is 0 Å². The summed E-state index contributed by atoms with van der Waals surface area (Å²) >= 11 is 0. The van der Waals surface area contributed by atoms with Gasteiger partial charge in [-0.25, -0.2) is 0 Å². The van der Waals surface area contributed by atoms with E-state index in [1.54, 1.807) is 11.9 Å². The van der Waals surface area contributed by atoms with Crippen LogP contribution >= 0.6 is 0 Å². The number of ether oxygens (including phenoxy) is 1. The van der Waals surface area contributed by atoms with Crippen molar-refractivity contribution in [3.8, 4) is 0 Å². The molecule has 1 heterocycles. The van der Waals surface area contributed by atoms with Crippen LogP contribution in [-0.4, -0.2) is 62.1 Å². The van der Waals surface area contributed by atoms with Gasteiger partial charge in [-0.1, -0.05) is 6.58 Å². The molecule has 0 aromatic heterocycles. The number of amides is 1. The van der Waals surface area contributed by atoms with Crippen molar-refractivity contribution in [2.75, 3.05) is 46.4 Å². The maximum Gasteiger partial charge on any atom is 0.245 e. The number of likely N-dealkylation sites (N-methyl/N-ethyl adjacent to an activating group) is 1. The Kier molecular flexibility index (Phi) is 4.62. The van der Waals surface area contributed by atoms with E-state index in [1.807, 2.05) is 0 Å². The lowest BCUT2D eigenvalue weighted by Gasteiger charge is -2.28. The minimum absolute atomic E-state index is 0.0155. The van der Waals surface area contributed by atoms with Crippen LogP contribution in [0.4, 0.5) is 0 Å². The van der Waals surface area contributed by atoms with Crippen LogP contribution in [-0.2, 0) is 9.53 Å². The van der Waals surface area contributed by atoms with Crippen molar-refractivity contribution >= 4 is 5.91 Å². The summed E-state index contributed by atoms with van der Waals surface area (Å²) < 4.78 is 5.24. The molecule has 0 radical (unpaired) electrons. The van der Waals surface area contributed by atoms with Crippen molar-refractivity contribution in [3.05, 3.63) is 12.7 Å². The predicted octanol–water partition coefficient (Wildman–Crippen LogP) is -0.0370. The van der Waals surface area contributed by atoms with Gasteiger partial charge in [-0.3, -0.25) is 9.69 Å². The zero-order valence-corrected chi connectivity index (χ0v) is 8.74. The van der Waals surface area contributed by atoms with Crippen LogP contribution in [0.25, 0.3) is 0 Å². The van der Waals surface area contributed by atoms with E-state index in [0.29, 0.717) is 0 Å². The van der Waals surface area contributed by atoms with Crippen molar-refractivity contribution in [1.29, 1.82) is 0 Å². The van der Waals surface area contributed by atoms with E-state index < -0.39 is 0 Å². The molecule has 1 amide bonds. The Morgan fingerprint density at radius 3 is 2.79 bits per heavy atom. The minimum Gasteiger partial charge on any atom is -0.379 e. The molecule has 0 aromatic carbocycles. The Morgan fingerprint density at radius 1 is 1.57 bits per heavy atom. The Balaban J connectivity index is 2.18. The highest BCUT2D eigenvalue weighted by Crippen LogP contribution is 1.96. The van der Waals surface area contributed by atoms with Crippen LogP contribution in [0.2, 0.25) is 0 Å². The standard InChI is InChI=1S/C10H18N2O2/c1-3-10(13)11(2)4-5-12-6-8-14-9-7-12/h3H,1,4-9H2,2H3. The molecule has 0 atom stereocenters. The summed E-state index contributed by atoms with van der Waals surface area (Å²) in [6.45, 7) is 8.67. The summed E-state index contributed by atoms with van der Waals surface area (Å²) in [5, 5.41) is 0. The second-order valence-electron chi connectivity index (χ2n) is 3.42. The molecule has 0 unspecified atom stereocenters. The molecule has 0 aromatic rings. The number of morpholine rings is 1. The molecule has 1 saturated heterocycles. The average molecular weight is 198 g/mol. The first-order valence-electron chi connectivity index (χ1n) is 4.91. The first kappa shape index (κ1) is 11.2. The lowest BCUT2D eigenvalue weighted by molar-refractivity contribution is -0.125. The Morgan fingerprint density at radius 2 is 2.21 bits per heavy atom. The van der Waals surface area contributed by atoms with Gasteiger partial charge in [-0.15, -0.1) is 0 Å². The smallest absolute Gasteiger partial charge is 0.245 e. The number of carbonyl (C=O) groups excluding carboxylic acids is 1. The maximum absolute atomic E-state index is 11.1. The lowest BCUT2D eigenvalue weighted by Crippen LogP contribution is -2.41. The third-order valence-electron chi connectivity index (χ3n) is 2.41. The van der Waals surface area contributed by atoms with E-state index in [2.05, 4.69) is 11.5 Å². The molecule has 1 rings (SSSR count). The molecule has 1 aliphatic rings. The highest BCUT2D eigenvalue weighted by Gasteiger charge is 2.11. The molecule has 1 fully saturated rings. The molecule has 0 saturated carbocycles. The third kappa shape index (κ3) is 3.47. The average Bonchev–Trinajstić information content (AvgIpc) is 2.26. The lowest BCUT2D eigenvalue weighted by atomic mass is 10.4. The van der Waals surface area contributed by atoms with Crippen molar-refractivity contribution in [1.82, 2.24) is 9.80 Å². The highest BCUT2D eigenvalue weighted by molar-refractivity contribution is 5.86. The molecule has 4 nitrogen and oxygen atoms in total. The Hall–Kier alpha value is -0.870. The van der Waals surface area contributed by atoms with Crippen LogP contribution in [0, 0.1) is 0 Å². The van der Waals surface area contributed by atoms with Gasteiger partial charge in [0.1, 0.15) is 0 Å². The fourth-order valence-electron chi connectivity index (χ4n) is 1.38. The quantitative estimate of drug-likeness (QED) is 0.594. The van der Waals surface area contributed by atoms with Gasteiger partial charge in [0.05, 0.1) is 13.2 Å². The number of hydrogen-bond acceptors (Lipinski definition) is 3. The van der Waals surface area contributed by atoms with E-state index in [9.17, 15) is 4.79 Å². The topological polar surface area (TPSA) is 32.8 Å². The van der Waals surface area contributed by atoms with Crippen LogP contribution in [0.3, 0.4) is 0 Å². The van der Waals surface area contributed by atoms with Crippen molar-refractivity contribution in [2.24, 2.45) is 0 Å². The van der Waals surface area contributed by atoms with Crippen molar-refractivity contribution < 1.29 is 9.53 Å². The SMILES string of the molecule is C=CC(=O)N(C)CCN1CCOCC1. The summed E-state index contributed by atoms with van der Waals surface area (Å²) in [7, 11) is 1.80. The summed E-state index contributed by atoms with van der Waals surface area (Å²) in [4.78, 5) is 15.1. The number of carbonyl (C=O) groups is 1. The number of hydrogen-bond donors (Lipinski definition) is 0. The number of nitrogens with zero attached hydrogens (tertiary/aromatic N) is 2. The van der Waals surface area contributed by atoms with Gasteiger partial charge in [0.2, 0.25) is 5.91 Å². The first-order chi connectivity index (χ1) is 6.74. The fraction of sp³-hybridized carbons (Fsp3) is 0.700. The van der Waals surface area contributed by atoms with E-state index in [1.165, 1.54) is 6.08 Å². The molecule has 4 heteroatoms. The van der Waals surface area contributed by atoms with E-state index in [4.69, 9.17) is 4.74 Å². The van der Waals surface area contributed by atoms with Gasteiger partial charge in [0.25, 0.3) is 0 Å². The second-order valence-corrected chi connectivity index (χ2v) is 3.42. The molecule has 80 valence electrons. The van der Waals surface area contributed by atoms with Gasteiger partial charge in [-0.05, 0) is 6.08 Å². The van der Waals surface area contributed by atoms with Gasteiger partial charge < -0.3 is 9.64 Å². The largest absolute Gasteiger partial charge is 0.379 e. The van der Waals surface area contributed by atoms with E-state index in [-0.39, 0.29) is 5.91 Å². The zero-order valence-electron chi connectivity index (χ0n) is 8.74. The summed E-state index contributed by atoms with van der Waals surface area (Å²) in [6.07, 6.45) is 1.35. The predicted molar refractivity (Wildman–Crippen MR) is 55.1 cm³/mol. The zero-order chi connectivity index (χ0) is 10.4. The molecular formula is C10H18N2O2. The monoisotopic (exact) mass is 198 g/mol. The van der Waals surface area contributed by atoms with Crippen LogP contribution in [0.1, 0.15) is 0 Å². The minimum atomic E-state index is -0.0155. The highest BCUT2D eigenvalue weighted by atomic mass is 16.5. The molecule has 0 N–H and O–H groups in total. The van der Waals surface area contributed by atoms with Gasteiger partial charge in [-0.2, -0.15) is 0 Å². The normalized spacial score (nSPS) is 17.8. The number of rotatable bonds is 4. The molecule has 1 aliphatic heterocycles. The van der Waals surface area contributed by atoms with Gasteiger partial charge in [0.15, 0.2) is 0 Å². The maximum atomic E-state index is 11.1. The Bertz CT molecular complexity index is 200. The first-order valence-corrected chi connectivity index (χ1v) is 4.91. The summed E-state index contributed by atoms with van der Waals surface area (Å²) in [6, 6.07) is 0. The Labute approximate surface area is 85.1 Å². The van der Waals surface area contributed by atoms with Gasteiger partial charge >= 0.3 is 0 Å². The van der Waals surface area contributed by atoms with Crippen molar-refractivity contribution in [2.45, 2.75) is 0 Å². The van der Waals surface area contributed by atoms with Crippen molar-refractivity contribution in [3.63, 3.8) is 0 Å². The second kappa shape index (κ2) is 5.78. The molecule has 0 spiro atoms. The summed E-state index contributed by atoms with van der Waals surface area (Å²) in [5.74, 6) is -0.0155.